The Kier molecular flexibility index (Phi) is 4.71. The number of aromatic nitrogens is 1. The number of fused-ring (bicyclic) bond motifs is 1. The number of para-hydroxylation sites is 1. The van der Waals surface area contributed by atoms with Crippen molar-refractivity contribution < 1.29 is 24.7 Å². The summed E-state index contributed by atoms with van der Waals surface area (Å²) in [6, 6.07) is 11.4. The van der Waals surface area contributed by atoms with Crippen molar-refractivity contribution in [2.45, 2.75) is 6.92 Å². The average molecular weight is 342 g/mol. The van der Waals surface area contributed by atoms with E-state index in [1.54, 1.807) is 37.4 Å². The highest BCUT2D eigenvalue weighted by molar-refractivity contribution is 6.15. The van der Waals surface area contributed by atoms with Crippen molar-refractivity contribution in [1.29, 1.82) is 0 Å². The van der Waals surface area contributed by atoms with Crippen LogP contribution in [0.3, 0.4) is 0 Å². The number of ketones is 1. The van der Waals surface area contributed by atoms with Gasteiger partial charge in [-0.25, -0.2) is 5.21 Å². The van der Waals surface area contributed by atoms with E-state index in [1.165, 1.54) is 12.1 Å². The minimum absolute atomic E-state index is 0.0498. The molecule has 0 fully saturated rings. The molecule has 3 N–H and O–H groups in total. The maximum Gasteiger partial charge on any atom is 0.219 e. The fourth-order valence-corrected chi connectivity index (χ4v) is 2.73. The molecule has 1 unspecified atom stereocenters. The normalized spacial score (nSPS) is 12.2. The maximum absolute atomic E-state index is 13.0. The van der Waals surface area contributed by atoms with Crippen LogP contribution in [0.1, 0.15) is 23.0 Å². The Morgan fingerprint density at radius 3 is 2.72 bits per heavy atom. The molecule has 7 heteroatoms. The molecule has 3 aromatic rings. The monoisotopic (exact) mass is 342 g/mol. The van der Waals surface area contributed by atoms with Crippen molar-refractivity contribution in [3.05, 3.63) is 58.9 Å². The van der Waals surface area contributed by atoms with Gasteiger partial charge in [0.2, 0.25) is 5.78 Å². The van der Waals surface area contributed by atoms with E-state index in [4.69, 9.17) is 9.47 Å². The minimum atomic E-state index is -1.15. The third-order valence-corrected chi connectivity index (χ3v) is 3.88. The summed E-state index contributed by atoms with van der Waals surface area (Å²) in [6.45, 7) is 2.18. The number of carbonyl (C=O) groups is 1. The number of carbonyl (C=O) groups excluding carboxylic acids is 1. The standard InChI is InChI=1S/C18H18N2O5/c1-3-25-18-13-10-11(24-2)8-9-14(13)19-16(18)17(21)12-6-4-5-7-15(12)20(22)23/h4-10,19-20,22H,3H2,1-2H3. The predicted molar refractivity (Wildman–Crippen MR) is 91.7 cm³/mol. The van der Waals surface area contributed by atoms with Crippen molar-refractivity contribution in [3.8, 4) is 11.5 Å². The quantitative estimate of drug-likeness (QED) is 0.471. The van der Waals surface area contributed by atoms with Gasteiger partial charge in [0.15, 0.2) is 11.4 Å². The molecule has 25 heavy (non-hydrogen) atoms. The second-order valence-corrected chi connectivity index (χ2v) is 5.35. The summed E-state index contributed by atoms with van der Waals surface area (Å²) in [5, 5.41) is 20.3. The topological polar surface area (TPSA) is 99.0 Å². The Labute approximate surface area is 143 Å². The summed E-state index contributed by atoms with van der Waals surface area (Å²) < 4.78 is 10.9. The van der Waals surface area contributed by atoms with Crippen LogP contribution in [0, 0.1) is 5.21 Å². The van der Waals surface area contributed by atoms with E-state index in [0.29, 0.717) is 29.0 Å². The summed E-state index contributed by atoms with van der Waals surface area (Å²) in [6.07, 6.45) is 0. The first-order valence-corrected chi connectivity index (χ1v) is 7.76. The lowest BCUT2D eigenvalue weighted by atomic mass is 10.1. The van der Waals surface area contributed by atoms with Gasteiger partial charge in [-0.15, -0.1) is 0 Å². The lowest BCUT2D eigenvalue weighted by Crippen LogP contribution is -2.99. The second-order valence-electron chi connectivity index (χ2n) is 5.35. The fourth-order valence-electron chi connectivity index (χ4n) is 2.73. The van der Waals surface area contributed by atoms with Gasteiger partial charge in [-0.2, -0.15) is 5.23 Å². The zero-order chi connectivity index (χ0) is 18.0. The zero-order valence-corrected chi connectivity index (χ0v) is 13.8. The number of H-pyrrole nitrogens is 1. The van der Waals surface area contributed by atoms with Crippen LogP contribution in [-0.2, 0) is 0 Å². The van der Waals surface area contributed by atoms with Crippen molar-refractivity contribution in [3.63, 3.8) is 0 Å². The number of aromatic amines is 1. The summed E-state index contributed by atoms with van der Waals surface area (Å²) >= 11 is 0. The number of rotatable bonds is 6. The van der Waals surface area contributed by atoms with Crippen LogP contribution in [0.5, 0.6) is 11.5 Å². The van der Waals surface area contributed by atoms with E-state index in [0.717, 1.165) is 0 Å². The Morgan fingerprint density at radius 2 is 2.04 bits per heavy atom. The number of hydrogen-bond acceptors (Lipinski definition) is 5. The lowest BCUT2D eigenvalue weighted by Gasteiger charge is -2.14. The first kappa shape index (κ1) is 17.0. The van der Waals surface area contributed by atoms with E-state index < -0.39 is 11.0 Å². The SMILES string of the molecule is CCOc1c(C(=O)c2ccccc2[NH+]([O-])O)[nH]c2ccc(OC)cc12. The van der Waals surface area contributed by atoms with Crippen LogP contribution in [0.25, 0.3) is 10.9 Å². The van der Waals surface area contributed by atoms with Crippen LogP contribution < -0.4 is 14.7 Å². The van der Waals surface area contributed by atoms with Gasteiger partial charge < -0.3 is 19.7 Å². The molecule has 0 aliphatic heterocycles. The van der Waals surface area contributed by atoms with Gasteiger partial charge in [0.25, 0.3) is 0 Å². The average Bonchev–Trinajstić information content (AvgIpc) is 2.99. The third-order valence-electron chi connectivity index (χ3n) is 3.88. The van der Waals surface area contributed by atoms with E-state index in [1.807, 2.05) is 6.92 Å². The second kappa shape index (κ2) is 6.94. The Hall–Kier alpha value is -2.87. The molecule has 0 saturated carbocycles. The lowest BCUT2D eigenvalue weighted by molar-refractivity contribution is -0.991. The molecule has 0 bridgehead atoms. The van der Waals surface area contributed by atoms with Gasteiger partial charge >= 0.3 is 0 Å². The number of methoxy groups -OCH3 is 1. The summed E-state index contributed by atoms with van der Waals surface area (Å²) in [5.74, 6) is 0.593. The van der Waals surface area contributed by atoms with Crippen molar-refractivity contribution in [1.82, 2.24) is 4.98 Å². The zero-order valence-electron chi connectivity index (χ0n) is 13.8. The molecule has 0 aliphatic carbocycles. The number of benzene rings is 2. The number of quaternary nitrogens is 1. The van der Waals surface area contributed by atoms with Crippen LogP contribution in [0.2, 0.25) is 0 Å². The predicted octanol–water partition coefficient (Wildman–Crippen LogP) is 2.21. The Balaban J connectivity index is 2.18. The van der Waals surface area contributed by atoms with E-state index in [9.17, 15) is 15.2 Å². The molecule has 0 saturated heterocycles. The van der Waals surface area contributed by atoms with E-state index >= 15 is 0 Å². The van der Waals surface area contributed by atoms with Gasteiger partial charge in [-0.3, -0.25) is 4.79 Å². The summed E-state index contributed by atoms with van der Waals surface area (Å²) in [5.41, 5.74) is 0.986. The molecule has 7 nitrogen and oxygen atoms in total. The molecule has 130 valence electrons. The molecule has 1 aromatic heterocycles. The molecule has 3 rings (SSSR count). The molecule has 0 spiro atoms. The van der Waals surface area contributed by atoms with Crippen molar-refractivity contribution >= 4 is 22.4 Å². The van der Waals surface area contributed by atoms with Crippen molar-refractivity contribution in [2.24, 2.45) is 0 Å². The highest BCUT2D eigenvalue weighted by Gasteiger charge is 2.24. The Bertz CT molecular complexity index is 917. The first-order valence-electron chi connectivity index (χ1n) is 7.76. The van der Waals surface area contributed by atoms with Crippen LogP contribution in [0.15, 0.2) is 42.5 Å². The molecular weight excluding hydrogens is 324 g/mol. The summed E-state index contributed by atoms with van der Waals surface area (Å²) in [4.78, 5) is 16.0. The summed E-state index contributed by atoms with van der Waals surface area (Å²) in [7, 11) is 1.56. The van der Waals surface area contributed by atoms with Gasteiger partial charge in [-0.1, -0.05) is 12.1 Å². The van der Waals surface area contributed by atoms with E-state index in [2.05, 4.69) is 4.98 Å². The molecule has 0 amide bonds. The highest BCUT2D eigenvalue weighted by Crippen LogP contribution is 2.34. The molecule has 0 aliphatic rings. The third kappa shape index (κ3) is 3.08. The van der Waals surface area contributed by atoms with E-state index in [-0.39, 0.29) is 16.9 Å². The van der Waals surface area contributed by atoms with Crippen molar-refractivity contribution in [2.75, 3.05) is 13.7 Å². The number of ether oxygens (including phenoxy) is 2. The molecule has 0 radical (unpaired) electrons. The maximum atomic E-state index is 13.0. The highest BCUT2D eigenvalue weighted by atomic mass is 16.8. The van der Waals surface area contributed by atoms with Gasteiger partial charge in [-0.05, 0) is 31.2 Å². The Morgan fingerprint density at radius 1 is 1.28 bits per heavy atom. The largest absolute Gasteiger partial charge is 0.595 e. The number of hydrogen-bond donors (Lipinski definition) is 3. The number of nitrogens with one attached hydrogen (secondary N) is 2. The minimum Gasteiger partial charge on any atom is -0.595 e. The molecule has 1 atom stereocenters. The van der Waals surface area contributed by atoms with Crippen LogP contribution >= 0.6 is 0 Å². The first-order chi connectivity index (χ1) is 12.1. The molecule has 1 heterocycles. The molecule has 2 aromatic carbocycles. The van der Waals surface area contributed by atoms with Gasteiger partial charge in [0.05, 0.1) is 24.8 Å². The van der Waals surface area contributed by atoms with Gasteiger partial charge in [0, 0.05) is 11.5 Å². The fraction of sp³-hybridized carbons (Fsp3) is 0.167. The van der Waals surface area contributed by atoms with Crippen LogP contribution in [0.4, 0.5) is 5.69 Å². The van der Waals surface area contributed by atoms with Gasteiger partial charge in [0.1, 0.15) is 11.4 Å². The smallest absolute Gasteiger partial charge is 0.219 e. The molecular formula is C18H18N2O5. The van der Waals surface area contributed by atoms with Crippen LogP contribution in [-0.4, -0.2) is 29.7 Å².